The molecule has 162 valence electrons. The number of fused-ring (bicyclic) bond motifs is 1. The van der Waals surface area contributed by atoms with Crippen molar-refractivity contribution in [2.75, 3.05) is 37.6 Å². The van der Waals surface area contributed by atoms with Gasteiger partial charge >= 0.3 is 6.18 Å². The van der Waals surface area contributed by atoms with E-state index in [-0.39, 0.29) is 34.9 Å². The van der Waals surface area contributed by atoms with Crippen molar-refractivity contribution in [3.8, 4) is 0 Å². The molecule has 10 heteroatoms. The molecule has 0 bridgehead atoms. The zero-order valence-electron chi connectivity index (χ0n) is 16.7. The summed E-state index contributed by atoms with van der Waals surface area (Å²) in [5.41, 5.74) is 5.63. The van der Waals surface area contributed by atoms with Gasteiger partial charge in [-0.25, -0.2) is 0 Å². The number of hydrogen-bond donors (Lipinski definition) is 2. The molecule has 2 atom stereocenters. The monoisotopic (exact) mass is 422 g/mol. The van der Waals surface area contributed by atoms with Crippen molar-refractivity contribution in [2.24, 2.45) is 11.7 Å². The summed E-state index contributed by atoms with van der Waals surface area (Å²) in [7, 11) is 0. The smallest absolute Gasteiger partial charge is 0.367 e. The molecule has 0 saturated carbocycles. The number of hydrogen-bond acceptors (Lipinski definition) is 6. The minimum absolute atomic E-state index is 0.0574. The Kier molecular flexibility index (Phi) is 5.54. The number of carbonyl (C=O) groups is 1. The predicted molar refractivity (Wildman–Crippen MR) is 107 cm³/mol. The molecule has 2 saturated heterocycles. The van der Waals surface area contributed by atoms with Gasteiger partial charge in [0.1, 0.15) is 11.0 Å². The molecule has 2 aromatic rings. The van der Waals surface area contributed by atoms with Crippen molar-refractivity contribution < 1.29 is 18.0 Å². The second-order valence-electron chi connectivity index (χ2n) is 8.35. The minimum Gasteiger partial charge on any atom is -0.367 e. The first-order chi connectivity index (χ1) is 14.2. The van der Waals surface area contributed by atoms with Crippen LogP contribution in [-0.4, -0.2) is 65.6 Å². The van der Waals surface area contributed by atoms with Crippen LogP contribution < -0.4 is 16.0 Å². The number of alkyl halides is 3. The fourth-order valence-electron chi connectivity index (χ4n) is 4.39. The van der Waals surface area contributed by atoms with Crippen LogP contribution >= 0.6 is 0 Å². The summed E-state index contributed by atoms with van der Waals surface area (Å²) in [4.78, 5) is 24.5. The second-order valence-corrected chi connectivity index (χ2v) is 8.35. The fourth-order valence-corrected chi connectivity index (χ4v) is 4.39. The molecular formula is C20H25F3N6O. The first-order valence-electron chi connectivity index (χ1n) is 10.0. The number of aromatic nitrogens is 2. The van der Waals surface area contributed by atoms with E-state index in [1.54, 1.807) is 0 Å². The number of benzene rings is 1. The van der Waals surface area contributed by atoms with Crippen LogP contribution in [0.3, 0.4) is 0 Å². The van der Waals surface area contributed by atoms with Crippen molar-refractivity contribution >= 4 is 22.6 Å². The standard InChI is InChI=1S/C20H25F3N6O/c1-12-6-14(27-17(30)11-28-8-13(24)9-28)10-29(7-12)16-3-2-15(20(21,22)23)18-19(16)26-5-4-25-18/h2-5,12-14H,6-11,24H2,1H3,(H,27,30)/t12-,14+/m0/s1. The van der Waals surface area contributed by atoms with E-state index in [0.29, 0.717) is 25.3 Å². The van der Waals surface area contributed by atoms with Crippen molar-refractivity contribution in [1.82, 2.24) is 20.2 Å². The average molecular weight is 422 g/mol. The summed E-state index contributed by atoms with van der Waals surface area (Å²) in [6.07, 6.45) is -1.02. The first kappa shape index (κ1) is 20.8. The van der Waals surface area contributed by atoms with E-state index >= 15 is 0 Å². The van der Waals surface area contributed by atoms with Crippen LogP contribution in [0.4, 0.5) is 18.9 Å². The molecule has 3 heterocycles. The zero-order chi connectivity index (χ0) is 21.5. The van der Waals surface area contributed by atoms with Crippen LogP contribution in [0.15, 0.2) is 24.5 Å². The Balaban J connectivity index is 1.53. The SMILES string of the molecule is C[C@H]1C[C@@H](NC(=O)CN2CC(N)C2)CN(c2ccc(C(F)(F)F)c3nccnc23)C1. The van der Waals surface area contributed by atoms with Crippen LogP contribution in [0.25, 0.3) is 11.0 Å². The number of nitrogens with one attached hydrogen (secondary N) is 1. The lowest BCUT2D eigenvalue weighted by Gasteiger charge is -2.40. The van der Waals surface area contributed by atoms with Gasteiger partial charge in [0.15, 0.2) is 0 Å². The highest BCUT2D eigenvalue weighted by molar-refractivity contribution is 5.91. The van der Waals surface area contributed by atoms with Gasteiger partial charge in [0, 0.05) is 50.7 Å². The number of nitrogens with zero attached hydrogens (tertiary/aromatic N) is 4. The highest BCUT2D eigenvalue weighted by atomic mass is 19.4. The lowest BCUT2D eigenvalue weighted by molar-refractivity contribution is -0.136. The predicted octanol–water partition coefficient (Wildman–Crippen LogP) is 1.62. The Bertz CT molecular complexity index is 930. The third-order valence-electron chi connectivity index (χ3n) is 5.63. The normalized spacial score (nSPS) is 23.4. The van der Waals surface area contributed by atoms with E-state index in [4.69, 9.17) is 5.73 Å². The molecule has 0 aliphatic carbocycles. The summed E-state index contributed by atoms with van der Waals surface area (Å²) in [5.74, 6) is 0.202. The highest BCUT2D eigenvalue weighted by Crippen LogP contribution is 2.37. The summed E-state index contributed by atoms with van der Waals surface area (Å²) >= 11 is 0. The van der Waals surface area contributed by atoms with Crippen molar-refractivity contribution in [1.29, 1.82) is 0 Å². The van der Waals surface area contributed by atoms with Crippen LogP contribution in [0.2, 0.25) is 0 Å². The topological polar surface area (TPSA) is 87.4 Å². The number of nitrogens with two attached hydrogens (primary N) is 1. The molecule has 1 amide bonds. The summed E-state index contributed by atoms with van der Waals surface area (Å²) in [5, 5.41) is 3.07. The van der Waals surface area contributed by atoms with Gasteiger partial charge in [-0.05, 0) is 24.5 Å². The molecule has 0 unspecified atom stereocenters. The average Bonchev–Trinajstić information content (AvgIpc) is 2.64. The van der Waals surface area contributed by atoms with Crippen molar-refractivity contribution in [3.63, 3.8) is 0 Å². The molecule has 30 heavy (non-hydrogen) atoms. The number of anilines is 1. The first-order valence-corrected chi connectivity index (χ1v) is 10.0. The number of carbonyl (C=O) groups excluding carboxylic acids is 1. The Morgan fingerprint density at radius 3 is 2.53 bits per heavy atom. The van der Waals surface area contributed by atoms with E-state index in [9.17, 15) is 18.0 Å². The van der Waals surface area contributed by atoms with Crippen molar-refractivity contribution in [2.45, 2.75) is 31.6 Å². The van der Waals surface area contributed by atoms with Gasteiger partial charge in [-0.15, -0.1) is 0 Å². The Hall–Kier alpha value is -2.46. The second kappa shape index (κ2) is 7.99. The summed E-state index contributed by atoms with van der Waals surface area (Å²) in [6, 6.07) is 2.56. The fraction of sp³-hybridized carbons (Fsp3) is 0.550. The lowest BCUT2D eigenvalue weighted by Crippen LogP contribution is -2.59. The van der Waals surface area contributed by atoms with E-state index in [0.717, 1.165) is 25.6 Å². The molecular weight excluding hydrogens is 397 g/mol. The van der Waals surface area contributed by atoms with Gasteiger partial charge in [0.05, 0.1) is 17.8 Å². The van der Waals surface area contributed by atoms with Crippen molar-refractivity contribution in [3.05, 3.63) is 30.1 Å². The molecule has 2 aliphatic heterocycles. The van der Waals surface area contributed by atoms with Gasteiger partial charge in [-0.2, -0.15) is 13.2 Å². The molecule has 1 aromatic heterocycles. The summed E-state index contributed by atoms with van der Waals surface area (Å²) in [6.45, 7) is 5.00. The Labute approximate surface area is 172 Å². The van der Waals surface area contributed by atoms with E-state index in [2.05, 4.69) is 22.2 Å². The third kappa shape index (κ3) is 4.34. The maximum Gasteiger partial charge on any atom is 0.418 e. The number of likely N-dealkylation sites (tertiary alicyclic amines) is 1. The molecule has 7 nitrogen and oxygen atoms in total. The maximum absolute atomic E-state index is 13.4. The van der Waals surface area contributed by atoms with Crippen LogP contribution in [0.1, 0.15) is 18.9 Å². The van der Waals surface area contributed by atoms with E-state index < -0.39 is 11.7 Å². The van der Waals surface area contributed by atoms with E-state index in [1.807, 2.05) is 9.80 Å². The molecule has 0 radical (unpaired) electrons. The van der Waals surface area contributed by atoms with Gasteiger partial charge in [0.2, 0.25) is 5.91 Å². The number of piperidine rings is 1. The Morgan fingerprint density at radius 2 is 1.87 bits per heavy atom. The summed E-state index contributed by atoms with van der Waals surface area (Å²) < 4.78 is 40.1. The minimum atomic E-state index is -4.50. The van der Waals surface area contributed by atoms with Crippen LogP contribution in [0, 0.1) is 5.92 Å². The molecule has 1 aromatic carbocycles. The number of rotatable bonds is 4. The largest absolute Gasteiger partial charge is 0.418 e. The lowest BCUT2D eigenvalue weighted by atomic mass is 9.95. The zero-order valence-corrected chi connectivity index (χ0v) is 16.7. The number of amides is 1. The van der Waals surface area contributed by atoms with Gasteiger partial charge in [-0.3, -0.25) is 19.7 Å². The molecule has 3 N–H and O–H groups in total. The van der Waals surface area contributed by atoms with Gasteiger partial charge in [0.25, 0.3) is 0 Å². The van der Waals surface area contributed by atoms with Gasteiger partial charge < -0.3 is 16.0 Å². The number of halogens is 3. The van der Waals surface area contributed by atoms with Crippen LogP contribution in [-0.2, 0) is 11.0 Å². The molecule has 2 fully saturated rings. The molecule has 2 aliphatic rings. The van der Waals surface area contributed by atoms with E-state index in [1.165, 1.54) is 18.5 Å². The highest BCUT2D eigenvalue weighted by Gasteiger charge is 2.35. The third-order valence-corrected chi connectivity index (χ3v) is 5.63. The quantitative estimate of drug-likeness (QED) is 0.779. The maximum atomic E-state index is 13.4. The van der Waals surface area contributed by atoms with Crippen LogP contribution in [0.5, 0.6) is 0 Å². The molecule has 4 rings (SSSR count). The van der Waals surface area contributed by atoms with Gasteiger partial charge in [-0.1, -0.05) is 6.92 Å². The Morgan fingerprint density at radius 1 is 1.17 bits per heavy atom. The molecule has 0 spiro atoms.